The molecule has 2 N–H and O–H groups in total. The average Bonchev–Trinajstić information content (AvgIpc) is 3.12. The third kappa shape index (κ3) is 7.16. The molecule has 1 aromatic rings. The number of rotatable bonds is 5. The zero-order valence-corrected chi connectivity index (χ0v) is 20.3. The Morgan fingerprint density at radius 2 is 1.87 bits per heavy atom. The van der Waals surface area contributed by atoms with Gasteiger partial charge in [-0.25, -0.2) is 0 Å². The van der Waals surface area contributed by atoms with Gasteiger partial charge in [0.2, 0.25) is 0 Å². The average molecular weight is 558 g/mol. The normalized spacial score (nSPS) is 23.4. The van der Waals surface area contributed by atoms with Crippen LogP contribution in [0.4, 0.5) is 13.2 Å². The van der Waals surface area contributed by atoms with Gasteiger partial charge in [0.05, 0.1) is 17.7 Å². The quantitative estimate of drug-likeness (QED) is 0.330. The Labute approximate surface area is 197 Å². The molecule has 2 aliphatic heterocycles. The van der Waals surface area contributed by atoms with Gasteiger partial charge >= 0.3 is 6.18 Å². The monoisotopic (exact) mass is 558 g/mol. The summed E-state index contributed by atoms with van der Waals surface area (Å²) in [5.74, 6) is 2.54. The highest BCUT2D eigenvalue weighted by Gasteiger charge is 2.32. The van der Waals surface area contributed by atoms with Gasteiger partial charge in [-0.3, -0.25) is 9.89 Å². The number of guanidine groups is 1. The molecule has 2 saturated heterocycles. The summed E-state index contributed by atoms with van der Waals surface area (Å²) in [6.45, 7) is 7.04. The van der Waals surface area contributed by atoms with Crippen molar-refractivity contribution in [3.63, 3.8) is 0 Å². The number of nitrogens with one attached hydrogen (secondary N) is 1. The molecule has 2 heterocycles. The molecule has 2 aliphatic rings. The summed E-state index contributed by atoms with van der Waals surface area (Å²) >= 11 is 1.76. The van der Waals surface area contributed by atoms with E-state index in [1.54, 1.807) is 23.9 Å². The Morgan fingerprint density at radius 1 is 1.20 bits per heavy atom. The van der Waals surface area contributed by atoms with E-state index in [4.69, 9.17) is 0 Å². The summed E-state index contributed by atoms with van der Waals surface area (Å²) < 4.78 is 38.1. The first-order chi connectivity index (χ1) is 13.8. The van der Waals surface area contributed by atoms with Crippen LogP contribution in [-0.2, 0) is 12.7 Å². The molecule has 0 saturated carbocycles. The lowest BCUT2D eigenvalue weighted by Crippen LogP contribution is -2.52. The number of benzene rings is 1. The number of aliphatic imine (C=N–C) groups is 1. The summed E-state index contributed by atoms with van der Waals surface area (Å²) in [4.78, 5) is 9.11. The second-order valence-electron chi connectivity index (χ2n) is 7.65. The van der Waals surface area contributed by atoms with Gasteiger partial charge in [-0.1, -0.05) is 12.1 Å². The van der Waals surface area contributed by atoms with E-state index < -0.39 is 17.3 Å². The number of hydrogen-bond acceptors (Lipinski definition) is 4. The minimum Gasteiger partial charge on any atom is -0.387 e. The molecule has 2 fully saturated rings. The topological polar surface area (TPSA) is 51.1 Å². The van der Waals surface area contributed by atoms with E-state index in [0.717, 1.165) is 74.3 Å². The van der Waals surface area contributed by atoms with Crippen LogP contribution in [0.1, 0.15) is 24.5 Å². The number of thioether (sulfide) groups is 1. The highest BCUT2D eigenvalue weighted by Crippen LogP contribution is 2.29. The Balaban J connectivity index is 0.00000320. The van der Waals surface area contributed by atoms with Gasteiger partial charge in [0.1, 0.15) is 0 Å². The van der Waals surface area contributed by atoms with E-state index in [1.165, 1.54) is 0 Å². The Hall–Kier alpha value is -0.720. The molecule has 1 aromatic carbocycles. The summed E-state index contributed by atoms with van der Waals surface area (Å²) in [6, 6.07) is 5.41. The molecule has 1 unspecified atom stereocenters. The number of halogens is 4. The molecule has 0 amide bonds. The van der Waals surface area contributed by atoms with Crippen LogP contribution in [0.3, 0.4) is 0 Å². The SMILES string of the molecule is CCNC(=NCC1(O)CCSC1)N1CCN(Cc2ccc(C(F)(F)F)cc2)CC1.I. The second kappa shape index (κ2) is 11.2. The van der Waals surface area contributed by atoms with Gasteiger partial charge in [0.15, 0.2) is 5.96 Å². The maximum absolute atomic E-state index is 12.7. The molecule has 0 spiro atoms. The maximum atomic E-state index is 12.7. The number of alkyl halides is 3. The van der Waals surface area contributed by atoms with E-state index in [-0.39, 0.29) is 24.0 Å². The van der Waals surface area contributed by atoms with Crippen molar-refractivity contribution in [1.29, 1.82) is 0 Å². The molecular formula is C20H30F3IN4OS. The maximum Gasteiger partial charge on any atom is 0.416 e. The fourth-order valence-corrected chi connectivity index (χ4v) is 4.83. The van der Waals surface area contributed by atoms with Gasteiger partial charge in [-0.2, -0.15) is 24.9 Å². The molecule has 0 bridgehead atoms. The van der Waals surface area contributed by atoms with Gasteiger partial charge in [0.25, 0.3) is 0 Å². The zero-order valence-electron chi connectivity index (χ0n) is 17.1. The Morgan fingerprint density at radius 3 is 2.40 bits per heavy atom. The first-order valence-corrected chi connectivity index (χ1v) is 11.2. The summed E-state index contributed by atoms with van der Waals surface area (Å²) in [6.07, 6.45) is -3.52. The lowest BCUT2D eigenvalue weighted by atomic mass is 10.0. The molecule has 0 aromatic heterocycles. The Kier molecular flexibility index (Phi) is 9.57. The highest BCUT2D eigenvalue weighted by atomic mass is 127. The fraction of sp³-hybridized carbons (Fsp3) is 0.650. The van der Waals surface area contributed by atoms with Crippen molar-refractivity contribution < 1.29 is 18.3 Å². The number of aliphatic hydroxyl groups is 1. The number of nitrogens with zero attached hydrogens (tertiary/aromatic N) is 3. The van der Waals surface area contributed by atoms with Crippen molar-refractivity contribution in [2.24, 2.45) is 4.99 Å². The lowest BCUT2D eigenvalue weighted by molar-refractivity contribution is -0.137. The van der Waals surface area contributed by atoms with Crippen LogP contribution < -0.4 is 5.32 Å². The standard InChI is InChI=1S/C20H29F3N4OS.HI/c1-2-24-18(25-14-19(28)7-12-29-15-19)27-10-8-26(9-11-27)13-16-3-5-17(6-4-16)20(21,22)23;/h3-6,28H,2,7-15H2,1H3,(H,24,25);1H. The van der Waals surface area contributed by atoms with Crippen LogP contribution in [0, 0.1) is 0 Å². The molecule has 10 heteroatoms. The van der Waals surface area contributed by atoms with E-state index in [0.29, 0.717) is 13.1 Å². The van der Waals surface area contributed by atoms with Crippen molar-refractivity contribution in [2.75, 3.05) is 50.8 Å². The van der Waals surface area contributed by atoms with Crippen molar-refractivity contribution >= 4 is 41.7 Å². The third-order valence-electron chi connectivity index (χ3n) is 5.30. The van der Waals surface area contributed by atoms with Crippen molar-refractivity contribution in [1.82, 2.24) is 15.1 Å². The lowest BCUT2D eigenvalue weighted by Gasteiger charge is -2.37. The molecule has 3 rings (SSSR count). The number of piperazine rings is 1. The van der Waals surface area contributed by atoms with Crippen molar-refractivity contribution in [3.05, 3.63) is 35.4 Å². The molecule has 170 valence electrons. The van der Waals surface area contributed by atoms with Crippen LogP contribution in [0.15, 0.2) is 29.3 Å². The van der Waals surface area contributed by atoms with Crippen LogP contribution in [-0.4, -0.2) is 77.2 Å². The molecule has 0 radical (unpaired) electrons. The van der Waals surface area contributed by atoms with Gasteiger partial charge in [-0.15, -0.1) is 24.0 Å². The smallest absolute Gasteiger partial charge is 0.387 e. The molecule has 30 heavy (non-hydrogen) atoms. The number of hydrogen-bond donors (Lipinski definition) is 2. The van der Waals surface area contributed by atoms with Gasteiger partial charge in [0, 0.05) is 45.0 Å². The summed E-state index contributed by atoms with van der Waals surface area (Å²) in [5, 5.41) is 13.8. The Bertz CT molecular complexity index is 688. The van der Waals surface area contributed by atoms with Crippen LogP contribution in [0.25, 0.3) is 0 Å². The zero-order chi connectivity index (χ0) is 20.9. The van der Waals surface area contributed by atoms with E-state index in [1.807, 2.05) is 6.92 Å². The van der Waals surface area contributed by atoms with Crippen LogP contribution in [0.2, 0.25) is 0 Å². The third-order valence-corrected chi connectivity index (χ3v) is 6.53. The van der Waals surface area contributed by atoms with Crippen LogP contribution in [0.5, 0.6) is 0 Å². The summed E-state index contributed by atoms with van der Waals surface area (Å²) in [7, 11) is 0. The predicted molar refractivity (Wildman–Crippen MR) is 127 cm³/mol. The minimum absolute atomic E-state index is 0. The molecule has 1 atom stereocenters. The largest absolute Gasteiger partial charge is 0.416 e. The highest BCUT2D eigenvalue weighted by molar-refractivity contribution is 14.0. The predicted octanol–water partition coefficient (Wildman–Crippen LogP) is 3.27. The minimum atomic E-state index is -4.30. The van der Waals surface area contributed by atoms with E-state index in [9.17, 15) is 18.3 Å². The summed E-state index contributed by atoms with van der Waals surface area (Å²) in [5.41, 5.74) is -0.428. The van der Waals surface area contributed by atoms with Gasteiger partial charge < -0.3 is 15.3 Å². The van der Waals surface area contributed by atoms with Gasteiger partial charge in [-0.05, 0) is 36.8 Å². The van der Waals surface area contributed by atoms with Crippen LogP contribution >= 0.6 is 35.7 Å². The molecule has 0 aliphatic carbocycles. The molecular weight excluding hydrogens is 528 g/mol. The van der Waals surface area contributed by atoms with Crippen molar-refractivity contribution in [3.8, 4) is 0 Å². The fourth-order valence-electron chi connectivity index (χ4n) is 3.54. The second-order valence-corrected chi connectivity index (χ2v) is 8.76. The van der Waals surface area contributed by atoms with Crippen molar-refractivity contribution in [2.45, 2.75) is 31.7 Å². The first kappa shape index (κ1) is 25.5. The van der Waals surface area contributed by atoms with E-state index in [2.05, 4.69) is 20.1 Å². The first-order valence-electron chi connectivity index (χ1n) is 10.0. The van der Waals surface area contributed by atoms with E-state index >= 15 is 0 Å². The molecule has 5 nitrogen and oxygen atoms in total.